The first-order chi connectivity index (χ1) is 7.25. The van der Waals surface area contributed by atoms with Gasteiger partial charge in [0.25, 0.3) is 0 Å². The summed E-state index contributed by atoms with van der Waals surface area (Å²) in [7, 11) is 1.94. The summed E-state index contributed by atoms with van der Waals surface area (Å²) in [4.78, 5) is 6.18. The fraction of sp³-hybridized carbons (Fsp3) is 0.222. The molecule has 0 aliphatic rings. The molecule has 2 heterocycles. The van der Waals surface area contributed by atoms with Gasteiger partial charge in [-0.25, -0.2) is 4.98 Å². The van der Waals surface area contributed by atoms with Gasteiger partial charge in [0, 0.05) is 12.4 Å². The summed E-state index contributed by atoms with van der Waals surface area (Å²) in [6, 6.07) is 3.58. The number of nitrogen functional groups attached to an aromatic ring is 1. The Morgan fingerprint density at radius 3 is 2.87 bits per heavy atom. The largest absolute Gasteiger partial charge is 0.382 e. The van der Waals surface area contributed by atoms with E-state index in [1.165, 1.54) is 0 Å². The molecule has 6 heteroatoms. The van der Waals surface area contributed by atoms with E-state index in [4.69, 9.17) is 5.73 Å². The Kier molecular flexibility index (Phi) is 2.77. The second-order valence-corrected chi connectivity index (χ2v) is 3.87. The molecule has 5 nitrogen and oxygen atoms in total. The maximum atomic E-state index is 5.46. The van der Waals surface area contributed by atoms with Crippen LogP contribution >= 0.6 is 11.3 Å². The maximum absolute atomic E-state index is 5.46. The number of hydrogen-bond donors (Lipinski definition) is 1. The van der Waals surface area contributed by atoms with E-state index >= 15 is 0 Å². The molecule has 0 aromatic carbocycles. The summed E-state index contributed by atoms with van der Waals surface area (Å²) in [6.45, 7) is 0.724. The van der Waals surface area contributed by atoms with Crippen LogP contribution in [0.5, 0.6) is 0 Å². The van der Waals surface area contributed by atoms with Crippen LogP contribution in [-0.2, 0) is 6.54 Å². The molecule has 2 N–H and O–H groups in total. The highest BCUT2D eigenvalue weighted by Crippen LogP contribution is 2.12. The van der Waals surface area contributed by atoms with Gasteiger partial charge in [-0.2, -0.15) is 0 Å². The summed E-state index contributed by atoms with van der Waals surface area (Å²) < 4.78 is 0. The average Bonchev–Trinajstić information content (AvgIpc) is 2.71. The van der Waals surface area contributed by atoms with Gasteiger partial charge in [-0.05, 0) is 12.1 Å². The molecule has 0 radical (unpaired) electrons. The standard InChI is InChI=1S/C9H11N5S/c1-14(4-7-5-15-6-11-7)9-3-2-8(10)12-13-9/h2-3,5-6H,4H2,1H3,(H2,10,12). The first-order valence-electron chi connectivity index (χ1n) is 4.43. The van der Waals surface area contributed by atoms with Gasteiger partial charge in [0.15, 0.2) is 5.82 Å². The Morgan fingerprint density at radius 2 is 2.27 bits per heavy atom. The number of hydrogen-bond acceptors (Lipinski definition) is 6. The van der Waals surface area contributed by atoms with E-state index in [0.29, 0.717) is 5.82 Å². The van der Waals surface area contributed by atoms with Crippen molar-refractivity contribution in [3.8, 4) is 0 Å². The number of nitrogens with zero attached hydrogens (tertiary/aromatic N) is 4. The van der Waals surface area contributed by atoms with Crippen LogP contribution in [-0.4, -0.2) is 22.2 Å². The summed E-state index contributed by atoms with van der Waals surface area (Å²) in [5.74, 6) is 1.22. The normalized spacial score (nSPS) is 10.2. The number of rotatable bonds is 3. The Morgan fingerprint density at radius 1 is 1.40 bits per heavy atom. The lowest BCUT2D eigenvalue weighted by molar-refractivity contribution is 0.851. The van der Waals surface area contributed by atoms with Crippen LogP contribution in [0.2, 0.25) is 0 Å². The summed E-state index contributed by atoms with van der Waals surface area (Å²) in [5.41, 5.74) is 8.31. The first kappa shape index (κ1) is 9.85. The van der Waals surface area contributed by atoms with Gasteiger partial charge in [-0.3, -0.25) is 0 Å². The van der Waals surface area contributed by atoms with Gasteiger partial charge in [0.05, 0.1) is 17.7 Å². The third kappa shape index (κ3) is 2.41. The SMILES string of the molecule is CN(Cc1cscn1)c1ccc(N)nn1. The Balaban J connectivity index is 2.08. The van der Waals surface area contributed by atoms with Crippen molar-refractivity contribution >= 4 is 23.0 Å². The van der Waals surface area contributed by atoms with Crippen LogP contribution < -0.4 is 10.6 Å². The molecular formula is C9H11N5S. The number of aromatic nitrogens is 3. The number of anilines is 2. The minimum Gasteiger partial charge on any atom is -0.382 e. The number of thiazole rings is 1. The molecule has 0 amide bonds. The van der Waals surface area contributed by atoms with Crippen LogP contribution in [0.4, 0.5) is 11.6 Å². The van der Waals surface area contributed by atoms with Crippen molar-refractivity contribution in [1.82, 2.24) is 15.2 Å². The lowest BCUT2D eigenvalue weighted by atomic mass is 10.4. The van der Waals surface area contributed by atoms with E-state index in [1.54, 1.807) is 17.4 Å². The first-order valence-corrected chi connectivity index (χ1v) is 5.37. The highest BCUT2D eigenvalue weighted by Gasteiger charge is 2.04. The van der Waals surface area contributed by atoms with E-state index < -0.39 is 0 Å². The van der Waals surface area contributed by atoms with Crippen LogP contribution in [0.25, 0.3) is 0 Å². The van der Waals surface area contributed by atoms with Crippen molar-refractivity contribution in [2.45, 2.75) is 6.54 Å². The van der Waals surface area contributed by atoms with Gasteiger partial charge in [0.2, 0.25) is 0 Å². The average molecular weight is 221 g/mol. The molecule has 15 heavy (non-hydrogen) atoms. The van der Waals surface area contributed by atoms with Crippen molar-refractivity contribution in [3.63, 3.8) is 0 Å². The molecule has 0 saturated heterocycles. The molecule has 0 unspecified atom stereocenters. The van der Waals surface area contributed by atoms with Gasteiger partial charge >= 0.3 is 0 Å². The molecule has 2 aromatic heterocycles. The van der Waals surface area contributed by atoms with Crippen LogP contribution in [0, 0.1) is 0 Å². The van der Waals surface area contributed by atoms with Gasteiger partial charge < -0.3 is 10.6 Å². The zero-order valence-electron chi connectivity index (χ0n) is 8.29. The molecule has 0 fully saturated rings. The maximum Gasteiger partial charge on any atom is 0.151 e. The molecule has 2 aromatic rings. The summed E-state index contributed by atoms with van der Waals surface area (Å²) in [6.07, 6.45) is 0. The third-order valence-corrected chi connectivity index (χ3v) is 2.58. The van der Waals surface area contributed by atoms with E-state index in [-0.39, 0.29) is 0 Å². The van der Waals surface area contributed by atoms with Crippen LogP contribution in [0.15, 0.2) is 23.0 Å². The monoisotopic (exact) mass is 221 g/mol. The second-order valence-electron chi connectivity index (χ2n) is 3.15. The fourth-order valence-electron chi connectivity index (χ4n) is 1.18. The molecule has 2 rings (SSSR count). The Labute approximate surface area is 91.6 Å². The zero-order chi connectivity index (χ0) is 10.7. The van der Waals surface area contributed by atoms with E-state index in [1.807, 2.05) is 28.9 Å². The van der Waals surface area contributed by atoms with Gasteiger partial charge in [-0.1, -0.05) is 0 Å². The van der Waals surface area contributed by atoms with Crippen LogP contribution in [0.3, 0.4) is 0 Å². The molecule has 0 spiro atoms. The topological polar surface area (TPSA) is 67.9 Å². The molecule has 78 valence electrons. The molecule has 0 bridgehead atoms. The predicted octanol–water partition coefficient (Wildman–Crippen LogP) is 1.15. The molecule has 0 aliphatic carbocycles. The van der Waals surface area contributed by atoms with Crippen molar-refractivity contribution in [2.24, 2.45) is 0 Å². The highest BCUT2D eigenvalue weighted by molar-refractivity contribution is 7.07. The molecule has 0 aliphatic heterocycles. The Hall–Kier alpha value is -1.69. The zero-order valence-corrected chi connectivity index (χ0v) is 9.11. The molecule has 0 saturated carbocycles. The lowest BCUT2D eigenvalue weighted by Crippen LogP contribution is -2.18. The molecular weight excluding hydrogens is 210 g/mol. The third-order valence-electron chi connectivity index (χ3n) is 1.94. The van der Waals surface area contributed by atoms with Gasteiger partial charge in [-0.15, -0.1) is 21.5 Å². The highest BCUT2D eigenvalue weighted by atomic mass is 32.1. The van der Waals surface area contributed by atoms with Crippen LogP contribution in [0.1, 0.15) is 5.69 Å². The summed E-state index contributed by atoms with van der Waals surface area (Å²) in [5, 5.41) is 9.80. The quantitative estimate of drug-likeness (QED) is 0.842. The van der Waals surface area contributed by atoms with Gasteiger partial charge in [0.1, 0.15) is 5.82 Å². The van der Waals surface area contributed by atoms with Crippen molar-refractivity contribution in [3.05, 3.63) is 28.7 Å². The smallest absolute Gasteiger partial charge is 0.151 e. The second kappa shape index (κ2) is 4.22. The van der Waals surface area contributed by atoms with Crippen molar-refractivity contribution in [2.75, 3.05) is 17.7 Å². The van der Waals surface area contributed by atoms with E-state index in [9.17, 15) is 0 Å². The summed E-state index contributed by atoms with van der Waals surface area (Å²) >= 11 is 1.59. The molecule has 0 atom stereocenters. The lowest BCUT2D eigenvalue weighted by Gasteiger charge is -2.15. The van der Waals surface area contributed by atoms with E-state index in [2.05, 4.69) is 15.2 Å². The van der Waals surface area contributed by atoms with E-state index in [0.717, 1.165) is 18.1 Å². The Bertz CT molecular complexity index is 411. The fourth-order valence-corrected chi connectivity index (χ4v) is 1.73. The van der Waals surface area contributed by atoms with Crippen molar-refractivity contribution < 1.29 is 0 Å². The minimum atomic E-state index is 0.431. The predicted molar refractivity (Wildman–Crippen MR) is 60.7 cm³/mol. The minimum absolute atomic E-state index is 0.431. The van der Waals surface area contributed by atoms with Crippen molar-refractivity contribution in [1.29, 1.82) is 0 Å². The number of nitrogens with two attached hydrogens (primary N) is 1.